The van der Waals surface area contributed by atoms with Gasteiger partial charge in [-0.1, -0.05) is 6.92 Å². The Bertz CT molecular complexity index is 405. The highest BCUT2D eigenvalue weighted by Crippen LogP contribution is 2.31. The minimum Gasteiger partial charge on any atom is -0.383 e. The molecule has 0 amide bonds. The fraction of sp³-hybridized carbons (Fsp3) is 0.600. The number of ether oxygens (including phenoxy) is 1. The average Bonchev–Trinajstić information content (AvgIpc) is 2.46. The van der Waals surface area contributed by atoms with E-state index in [0.717, 1.165) is 6.42 Å². The van der Waals surface area contributed by atoms with E-state index in [4.69, 9.17) is 10.5 Å². The van der Waals surface area contributed by atoms with Crippen molar-refractivity contribution in [3.8, 4) is 0 Å². The van der Waals surface area contributed by atoms with Gasteiger partial charge >= 0.3 is 5.69 Å². The van der Waals surface area contributed by atoms with Crippen LogP contribution in [0.4, 0.5) is 5.82 Å². The number of anilines is 1. The second-order valence-electron chi connectivity index (χ2n) is 4.05. The fourth-order valence-corrected chi connectivity index (χ4v) is 1.77. The molecule has 82 valence electrons. The summed E-state index contributed by atoms with van der Waals surface area (Å²) < 4.78 is 7.16. The molecule has 1 aliphatic heterocycles. The van der Waals surface area contributed by atoms with Crippen LogP contribution in [0.2, 0.25) is 0 Å². The molecular weight excluding hydrogens is 194 g/mol. The average molecular weight is 209 g/mol. The van der Waals surface area contributed by atoms with Gasteiger partial charge < -0.3 is 10.5 Å². The Morgan fingerprint density at radius 1 is 1.60 bits per heavy atom. The monoisotopic (exact) mass is 209 g/mol. The van der Waals surface area contributed by atoms with Crippen molar-refractivity contribution in [2.45, 2.75) is 32.6 Å². The predicted octanol–water partition coefficient (Wildman–Crippen LogP) is 0.769. The number of hydrogen-bond donors (Lipinski definition) is 1. The van der Waals surface area contributed by atoms with Crippen LogP contribution in [0.15, 0.2) is 17.1 Å². The molecule has 0 spiro atoms. The van der Waals surface area contributed by atoms with Crippen LogP contribution in [0.25, 0.3) is 0 Å². The number of rotatable bonds is 1. The van der Waals surface area contributed by atoms with Crippen LogP contribution in [0.5, 0.6) is 0 Å². The topological polar surface area (TPSA) is 70.1 Å². The normalized spacial score (nSPS) is 30.7. The summed E-state index contributed by atoms with van der Waals surface area (Å²) in [5.41, 5.74) is 5.07. The van der Waals surface area contributed by atoms with E-state index in [1.54, 1.807) is 12.3 Å². The lowest BCUT2D eigenvalue weighted by atomic mass is 10.1. The van der Waals surface area contributed by atoms with Gasteiger partial charge in [-0.3, -0.25) is 4.57 Å². The zero-order valence-corrected chi connectivity index (χ0v) is 8.88. The number of nitrogen functional groups attached to an aromatic ring is 1. The Labute approximate surface area is 87.9 Å². The minimum absolute atomic E-state index is 0.180. The zero-order chi connectivity index (χ0) is 11.0. The molecular formula is C10H15N3O2. The zero-order valence-electron chi connectivity index (χ0n) is 8.88. The fourth-order valence-electron chi connectivity index (χ4n) is 1.77. The molecule has 1 aromatic heterocycles. The van der Waals surface area contributed by atoms with Crippen molar-refractivity contribution in [1.29, 1.82) is 0 Å². The maximum atomic E-state index is 11.5. The highest BCUT2D eigenvalue weighted by atomic mass is 16.5. The highest BCUT2D eigenvalue weighted by molar-refractivity contribution is 5.23. The van der Waals surface area contributed by atoms with Crippen molar-refractivity contribution in [3.05, 3.63) is 22.7 Å². The summed E-state index contributed by atoms with van der Waals surface area (Å²) in [5, 5.41) is 0. The maximum absolute atomic E-state index is 11.5. The molecule has 2 rings (SSSR count). The standard InChI is InChI=1S/C10H15N3O2/c1-6-5-9(15-7(6)2)13-4-3-8(11)12-10(13)14/h3-4,6-7,9H,5H2,1-2H3,(H2,11,12,14)/t6?,7-,9-/m0/s1. The van der Waals surface area contributed by atoms with E-state index < -0.39 is 0 Å². The van der Waals surface area contributed by atoms with Crippen molar-refractivity contribution in [2.24, 2.45) is 5.92 Å². The van der Waals surface area contributed by atoms with Crippen LogP contribution in [0, 0.1) is 5.92 Å². The first-order chi connectivity index (χ1) is 7.08. The third-order valence-corrected chi connectivity index (χ3v) is 2.91. The summed E-state index contributed by atoms with van der Waals surface area (Å²) in [6.07, 6.45) is 2.46. The van der Waals surface area contributed by atoms with Crippen LogP contribution in [0.1, 0.15) is 26.5 Å². The van der Waals surface area contributed by atoms with E-state index in [-0.39, 0.29) is 23.8 Å². The van der Waals surface area contributed by atoms with Gasteiger partial charge in [0.25, 0.3) is 0 Å². The van der Waals surface area contributed by atoms with Gasteiger partial charge in [-0.05, 0) is 25.3 Å². The summed E-state index contributed by atoms with van der Waals surface area (Å²) in [6.45, 7) is 4.13. The molecule has 3 atom stereocenters. The van der Waals surface area contributed by atoms with Crippen molar-refractivity contribution in [1.82, 2.24) is 9.55 Å². The van der Waals surface area contributed by atoms with Gasteiger partial charge in [0.1, 0.15) is 12.0 Å². The molecule has 1 saturated heterocycles. The lowest BCUT2D eigenvalue weighted by Crippen LogP contribution is -2.27. The smallest absolute Gasteiger partial charge is 0.351 e. The third kappa shape index (κ3) is 1.87. The molecule has 5 nitrogen and oxygen atoms in total. The Kier molecular flexibility index (Phi) is 2.48. The molecule has 2 heterocycles. The van der Waals surface area contributed by atoms with E-state index in [0.29, 0.717) is 5.92 Å². The number of nitrogens with zero attached hydrogens (tertiary/aromatic N) is 2. The second kappa shape index (κ2) is 3.66. The van der Waals surface area contributed by atoms with Crippen molar-refractivity contribution in [3.63, 3.8) is 0 Å². The van der Waals surface area contributed by atoms with E-state index >= 15 is 0 Å². The van der Waals surface area contributed by atoms with Gasteiger partial charge in [-0.2, -0.15) is 4.98 Å². The maximum Gasteiger partial charge on any atom is 0.351 e. The highest BCUT2D eigenvalue weighted by Gasteiger charge is 2.30. The summed E-state index contributed by atoms with van der Waals surface area (Å²) in [4.78, 5) is 15.2. The Balaban J connectivity index is 2.28. The summed E-state index contributed by atoms with van der Waals surface area (Å²) in [5.74, 6) is 0.704. The Morgan fingerprint density at radius 3 is 2.87 bits per heavy atom. The van der Waals surface area contributed by atoms with E-state index in [1.807, 2.05) is 6.92 Å². The van der Waals surface area contributed by atoms with Crippen molar-refractivity contribution in [2.75, 3.05) is 5.73 Å². The minimum atomic E-state index is -0.346. The summed E-state index contributed by atoms with van der Waals surface area (Å²) in [7, 11) is 0. The Morgan fingerprint density at radius 2 is 2.33 bits per heavy atom. The molecule has 0 radical (unpaired) electrons. The molecule has 5 heteroatoms. The van der Waals surface area contributed by atoms with E-state index in [1.165, 1.54) is 4.57 Å². The lowest BCUT2D eigenvalue weighted by Gasteiger charge is -2.13. The predicted molar refractivity (Wildman–Crippen MR) is 56.3 cm³/mol. The molecule has 0 aromatic carbocycles. The summed E-state index contributed by atoms with van der Waals surface area (Å²) >= 11 is 0. The second-order valence-corrected chi connectivity index (χ2v) is 4.05. The molecule has 0 saturated carbocycles. The van der Waals surface area contributed by atoms with Crippen molar-refractivity contribution < 1.29 is 4.74 Å². The first kappa shape index (κ1) is 10.2. The molecule has 0 aliphatic carbocycles. The molecule has 1 unspecified atom stereocenters. The molecule has 15 heavy (non-hydrogen) atoms. The van der Waals surface area contributed by atoms with Crippen LogP contribution < -0.4 is 11.4 Å². The quantitative estimate of drug-likeness (QED) is 0.741. The molecule has 1 fully saturated rings. The van der Waals surface area contributed by atoms with Crippen LogP contribution in [-0.4, -0.2) is 15.7 Å². The first-order valence-corrected chi connectivity index (χ1v) is 5.08. The van der Waals surface area contributed by atoms with E-state index in [9.17, 15) is 4.79 Å². The van der Waals surface area contributed by atoms with Gasteiger partial charge in [-0.25, -0.2) is 4.79 Å². The van der Waals surface area contributed by atoms with Gasteiger partial charge in [-0.15, -0.1) is 0 Å². The number of nitrogens with two attached hydrogens (primary N) is 1. The van der Waals surface area contributed by atoms with Crippen LogP contribution in [0.3, 0.4) is 0 Å². The van der Waals surface area contributed by atoms with Crippen LogP contribution >= 0.6 is 0 Å². The largest absolute Gasteiger partial charge is 0.383 e. The van der Waals surface area contributed by atoms with E-state index in [2.05, 4.69) is 11.9 Å². The van der Waals surface area contributed by atoms with Gasteiger partial charge in [0.2, 0.25) is 0 Å². The molecule has 1 aromatic rings. The Hall–Kier alpha value is -1.36. The van der Waals surface area contributed by atoms with Crippen molar-refractivity contribution >= 4 is 5.82 Å². The molecule has 1 aliphatic rings. The third-order valence-electron chi connectivity index (χ3n) is 2.91. The van der Waals surface area contributed by atoms with Gasteiger partial charge in [0, 0.05) is 6.20 Å². The molecule has 2 N–H and O–H groups in total. The number of hydrogen-bond acceptors (Lipinski definition) is 4. The van der Waals surface area contributed by atoms with Crippen LogP contribution in [-0.2, 0) is 4.74 Å². The SMILES string of the molecule is CC1C[C@@H](n2ccc(N)nc2=O)O[C@H]1C. The summed E-state index contributed by atoms with van der Waals surface area (Å²) in [6, 6.07) is 1.61. The van der Waals surface area contributed by atoms with Gasteiger partial charge in [0.05, 0.1) is 6.10 Å². The molecule has 0 bridgehead atoms. The number of aromatic nitrogens is 2. The lowest BCUT2D eigenvalue weighted by molar-refractivity contribution is 0.00320. The first-order valence-electron chi connectivity index (χ1n) is 5.08. The van der Waals surface area contributed by atoms with Gasteiger partial charge in [0.15, 0.2) is 0 Å².